The lowest BCUT2D eigenvalue weighted by molar-refractivity contribution is 0.655. The third kappa shape index (κ3) is 2.90. The van der Waals surface area contributed by atoms with Gasteiger partial charge in [0.1, 0.15) is 0 Å². The van der Waals surface area contributed by atoms with E-state index in [1.54, 1.807) is 5.57 Å². The minimum absolute atomic E-state index is 1.15. The molecular weight excluding hydrogens is 170 g/mol. The number of hydrogen-bond acceptors (Lipinski definition) is 1. The SMILES string of the molecule is CCC/C=C1\CCCN\C1=C(\C)CC. The molecule has 0 atom stereocenters. The summed E-state index contributed by atoms with van der Waals surface area (Å²) in [6.45, 7) is 7.86. The first-order valence-corrected chi connectivity index (χ1v) is 5.92. The van der Waals surface area contributed by atoms with Gasteiger partial charge in [-0.1, -0.05) is 31.9 Å². The average Bonchev–Trinajstić information content (AvgIpc) is 2.25. The first-order valence-electron chi connectivity index (χ1n) is 5.92. The zero-order chi connectivity index (χ0) is 10.4. The molecule has 14 heavy (non-hydrogen) atoms. The van der Waals surface area contributed by atoms with Gasteiger partial charge in [0.15, 0.2) is 0 Å². The fourth-order valence-electron chi connectivity index (χ4n) is 1.86. The van der Waals surface area contributed by atoms with E-state index in [0.717, 1.165) is 13.0 Å². The summed E-state index contributed by atoms with van der Waals surface area (Å²) in [6.07, 6.45) is 8.60. The molecule has 80 valence electrons. The van der Waals surface area contributed by atoms with Gasteiger partial charge in [0.2, 0.25) is 0 Å². The molecule has 1 heteroatoms. The van der Waals surface area contributed by atoms with Gasteiger partial charge in [0.05, 0.1) is 0 Å². The highest BCUT2D eigenvalue weighted by molar-refractivity contribution is 5.34. The quantitative estimate of drug-likeness (QED) is 0.719. The van der Waals surface area contributed by atoms with E-state index in [4.69, 9.17) is 0 Å². The van der Waals surface area contributed by atoms with E-state index in [1.165, 1.54) is 37.0 Å². The molecular formula is C13H23N. The Balaban J connectivity index is 2.78. The summed E-state index contributed by atoms with van der Waals surface area (Å²) < 4.78 is 0. The number of piperidine rings is 1. The Labute approximate surface area is 88.3 Å². The number of unbranched alkanes of at least 4 members (excludes halogenated alkanes) is 1. The van der Waals surface area contributed by atoms with E-state index in [-0.39, 0.29) is 0 Å². The maximum atomic E-state index is 3.54. The fraction of sp³-hybridized carbons (Fsp3) is 0.692. The first kappa shape index (κ1) is 11.4. The van der Waals surface area contributed by atoms with Crippen molar-refractivity contribution in [3.8, 4) is 0 Å². The highest BCUT2D eigenvalue weighted by atomic mass is 14.9. The maximum Gasteiger partial charge on any atom is 0.0358 e. The molecule has 1 aliphatic heterocycles. The molecule has 0 aromatic carbocycles. The van der Waals surface area contributed by atoms with E-state index in [9.17, 15) is 0 Å². The number of rotatable bonds is 3. The molecule has 0 aromatic rings. The maximum absolute atomic E-state index is 3.54. The van der Waals surface area contributed by atoms with Gasteiger partial charge in [-0.2, -0.15) is 0 Å². The summed E-state index contributed by atoms with van der Waals surface area (Å²) in [7, 11) is 0. The minimum atomic E-state index is 1.15. The van der Waals surface area contributed by atoms with Gasteiger partial charge in [0.25, 0.3) is 0 Å². The topological polar surface area (TPSA) is 12.0 Å². The predicted octanol–water partition coefficient (Wildman–Crippen LogP) is 3.78. The summed E-state index contributed by atoms with van der Waals surface area (Å²) in [5.41, 5.74) is 4.50. The van der Waals surface area contributed by atoms with Gasteiger partial charge >= 0.3 is 0 Å². The van der Waals surface area contributed by atoms with Crippen LogP contribution in [0.4, 0.5) is 0 Å². The van der Waals surface area contributed by atoms with Crippen molar-refractivity contribution in [2.24, 2.45) is 0 Å². The fourth-order valence-corrected chi connectivity index (χ4v) is 1.86. The van der Waals surface area contributed by atoms with Crippen molar-refractivity contribution in [2.75, 3.05) is 6.54 Å². The standard InChI is InChI=1S/C13H23N/c1-4-6-8-12-9-7-10-14-13(12)11(3)5-2/h8,14H,4-7,9-10H2,1-3H3/b12-8+,13-11-. The molecule has 0 aromatic heterocycles. The number of allylic oxidation sites excluding steroid dienone is 3. The molecule has 0 bridgehead atoms. The Morgan fingerprint density at radius 1 is 1.43 bits per heavy atom. The largest absolute Gasteiger partial charge is 0.385 e. The van der Waals surface area contributed by atoms with Crippen molar-refractivity contribution in [2.45, 2.75) is 52.9 Å². The molecule has 1 fully saturated rings. The highest BCUT2D eigenvalue weighted by Gasteiger charge is 2.12. The van der Waals surface area contributed by atoms with E-state index in [0.29, 0.717) is 0 Å². The lowest BCUT2D eigenvalue weighted by atomic mass is 9.96. The van der Waals surface area contributed by atoms with Crippen LogP contribution in [0.2, 0.25) is 0 Å². The molecule has 1 aliphatic rings. The second-order valence-electron chi connectivity index (χ2n) is 4.06. The van der Waals surface area contributed by atoms with E-state index in [2.05, 4.69) is 32.2 Å². The van der Waals surface area contributed by atoms with Crippen molar-refractivity contribution in [3.63, 3.8) is 0 Å². The molecule has 1 saturated heterocycles. The van der Waals surface area contributed by atoms with Gasteiger partial charge < -0.3 is 5.32 Å². The normalized spacial score (nSPS) is 23.5. The van der Waals surface area contributed by atoms with Gasteiger partial charge in [-0.25, -0.2) is 0 Å². The van der Waals surface area contributed by atoms with Gasteiger partial charge in [-0.05, 0) is 38.2 Å². The van der Waals surface area contributed by atoms with Crippen molar-refractivity contribution < 1.29 is 0 Å². The molecule has 0 aliphatic carbocycles. The van der Waals surface area contributed by atoms with E-state index >= 15 is 0 Å². The van der Waals surface area contributed by atoms with Crippen molar-refractivity contribution in [1.29, 1.82) is 0 Å². The van der Waals surface area contributed by atoms with Crippen LogP contribution in [0.3, 0.4) is 0 Å². The molecule has 0 unspecified atom stereocenters. The molecule has 1 heterocycles. The van der Waals surface area contributed by atoms with Crippen LogP contribution in [0.15, 0.2) is 22.9 Å². The molecule has 1 rings (SSSR count). The predicted molar refractivity (Wildman–Crippen MR) is 63.2 cm³/mol. The molecule has 1 nitrogen and oxygen atoms in total. The summed E-state index contributed by atoms with van der Waals surface area (Å²) in [5.74, 6) is 0. The summed E-state index contributed by atoms with van der Waals surface area (Å²) in [6, 6.07) is 0. The zero-order valence-electron chi connectivity index (χ0n) is 9.82. The second kappa shape index (κ2) is 5.90. The number of hydrogen-bond donors (Lipinski definition) is 1. The minimum Gasteiger partial charge on any atom is -0.385 e. The monoisotopic (exact) mass is 193 g/mol. The van der Waals surface area contributed by atoms with Crippen LogP contribution in [0.5, 0.6) is 0 Å². The van der Waals surface area contributed by atoms with Crippen molar-refractivity contribution in [1.82, 2.24) is 5.32 Å². The lowest BCUT2D eigenvalue weighted by Crippen LogP contribution is -2.23. The molecule has 0 radical (unpaired) electrons. The summed E-state index contributed by atoms with van der Waals surface area (Å²) in [5, 5.41) is 3.54. The van der Waals surface area contributed by atoms with Gasteiger partial charge in [-0.3, -0.25) is 0 Å². The highest BCUT2D eigenvalue weighted by Crippen LogP contribution is 2.23. The summed E-state index contributed by atoms with van der Waals surface area (Å²) in [4.78, 5) is 0. The van der Waals surface area contributed by atoms with E-state index < -0.39 is 0 Å². The summed E-state index contributed by atoms with van der Waals surface area (Å²) >= 11 is 0. The molecule has 0 spiro atoms. The van der Waals surface area contributed by atoms with Crippen LogP contribution >= 0.6 is 0 Å². The van der Waals surface area contributed by atoms with Crippen LogP contribution in [0.1, 0.15) is 52.9 Å². The molecule has 0 saturated carbocycles. The first-order chi connectivity index (χ1) is 6.79. The van der Waals surface area contributed by atoms with Gasteiger partial charge in [0, 0.05) is 12.2 Å². The second-order valence-corrected chi connectivity index (χ2v) is 4.06. The van der Waals surface area contributed by atoms with E-state index in [1.807, 2.05) is 0 Å². The third-order valence-corrected chi connectivity index (χ3v) is 2.88. The zero-order valence-corrected chi connectivity index (χ0v) is 9.82. The Morgan fingerprint density at radius 2 is 2.21 bits per heavy atom. The average molecular weight is 193 g/mol. The third-order valence-electron chi connectivity index (χ3n) is 2.88. The lowest BCUT2D eigenvalue weighted by Gasteiger charge is -2.23. The van der Waals surface area contributed by atoms with Crippen LogP contribution in [0.25, 0.3) is 0 Å². The molecule has 1 N–H and O–H groups in total. The smallest absolute Gasteiger partial charge is 0.0358 e. The van der Waals surface area contributed by atoms with Crippen LogP contribution in [-0.4, -0.2) is 6.54 Å². The van der Waals surface area contributed by atoms with Gasteiger partial charge in [-0.15, -0.1) is 0 Å². The van der Waals surface area contributed by atoms with Crippen LogP contribution in [-0.2, 0) is 0 Å². The van der Waals surface area contributed by atoms with Crippen molar-refractivity contribution in [3.05, 3.63) is 22.9 Å². The van der Waals surface area contributed by atoms with Crippen LogP contribution < -0.4 is 5.32 Å². The Bertz CT molecular complexity index is 236. The molecule has 0 amide bonds. The number of nitrogens with one attached hydrogen (secondary N) is 1. The Kier molecular flexibility index (Phi) is 4.78. The van der Waals surface area contributed by atoms with Crippen molar-refractivity contribution >= 4 is 0 Å². The van der Waals surface area contributed by atoms with Crippen LogP contribution in [0, 0.1) is 0 Å². The Hall–Kier alpha value is -0.720. The Morgan fingerprint density at radius 3 is 2.86 bits per heavy atom.